The normalized spacial score (nSPS) is 15.4. The lowest BCUT2D eigenvalue weighted by Gasteiger charge is -2.20. The van der Waals surface area contributed by atoms with Gasteiger partial charge in [0.1, 0.15) is 4.90 Å². The molecule has 4 nitrogen and oxygen atoms in total. The molecule has 0 aliphatic carbocycles. The maximum atomic E-state index is 13.6. The molecule has 0 saturated heterocycles. The van der Waals surface area contributed by atoms with Gasteiger partial charge in [0.15, 0.2) is 11.6 Å². The number of hydrogen-bond acceptors (Lipinski definition) is 3. The van der Waals surface area contributed by atoms with E-state index in [0.717, 1.165) is 16.5 Å². The first-order chi connectivity index (χ1) is 12.7. The van der Waals surface area contributed by atoms with Crippen LogP contribution in [0.2, 0.25) is 15.1 Å². The molecule has 1 heterocycles. The quantitative estimate of drug-likeness (QED) is 0.616. The zero-order chi connectivity index (χ0) is 19.8. The van der Waals surface area contributed by atoms with Gasteiger partial charge in [0.25, 0.3) is 10.0 Å². The number of hydrazone groups is 1. The van der Waals surface area contributed by atoms with E-state index in [-0.39, 0.29) is 26.5 Å². The summed E-state index contributed by atoms with van der Waals surface area (Å²) in [7, 11) is -4.17. The number of hydrogen-bond donors (Lipinski definition) is 0. The largest absolute Gasteiger partial charge is 0.281 e. The minimum absolute atomic E-state index is 0.102. The number of benzene rings is 2. The molecule has 1 aliphatic heterocycles. The summed E-state index contributed by atoms with van der Waals surface area (Å²) in [6, 6.07) is 5.88. The zero-order valence-electron chi connectivity index (χ0n) is 13.7. The number of nitrogens with zero attached hydrogens (tertiary/aromatic N) is 2. The lowest BCUT2D eigenvalue weighted by atomic mass is 10.0. The molecule has 0 spiro atoms. The van der Waals surface area contributed by atoms with Crippen LogP contribution in [-0.2, 0) is 10.0 Å². The third kappa shape index (κ3) is 4.21. The second-order valence-electron chi connectivity index (χ2n) is 5.88. The van der Waals surface area contributed by atoms with Gasteiger partial charge in [-0.25, -0.2) is 8.78 Å². The third-order valence-electron chi connectivity index (χ3n) is 4.00. The predicted octanol–water partition coefficient (Wildman–Crippen LogP) is 5.50. The van der Waals surface area contributed by atoms with Gasteiger partial charge in [-0.3, -0.25) is 0 Å². The Hall–Kier alpha value is -1.41. The van der Waals surface area contributed by atoms with Crippen LogP contribution in [0.15, 0.2) is 40.3 Å². The van der Waals surface area contributed by atoms with Gasteiger partial charge in [-0.1, -0.05) is 34.8 Å². The number of sulfonamides is 1. The van der Waals surface area contributed by atoms with Crippen molar-refractivity contribution in [1.82, 2.24) is 4.41 Å². The summed E-state index contributed by atoms with van der Waals surface area (Å²) in [4.78, 5) is -0.300. The molecule has 1 aliphatic rings. The van der Waals surface area contributed by atoms with Crippen LogP contribution in [0.4, 0.5) is 8.78 Å². The molecule has 0 N–H and O–H groups in total. The molecule has 10 heteroatoms. The molecule has 0 unspecified atom stereocenters. The summed E-state index contributed by atoms with van der Waals surface area (Å²) < 4.78 is 53.8. The van der Waals surface area contributed by atoms with Crippen LogP contribution in [0, 0.1) is 11.6 Å². The molecular weight excluding hydrogens is 441 g/mol. The highest BCUT2D eigenvalue weighted by Gasteiger charge is 2.30. The van der Waals surface area contributed by atoms with E-state index in [1.807, 2.05) is 0 Å². The van der Waals surface area contributed by atoms with E-state index in [2.05, 4.69) is 5.10 Å². The molecule has 0 radical (unpaired) electrons. The van der Waals surface area contributed by atoms with Crippen molar-refractivity contribution in [3.05, 3.63) is 62.6 Å². The van der Waals surface area contributed by atoms with Crippen LogP contribution in [0.3, 0.4) is 0 Å². The SMILES string of the molecule is O=S(=O)(c1c(Cl)cc(Cl)cc1Cl)N1CCCCC(c2ccc(F)c(F)c2)=N1. The smallest absolute Gasteiger partial charge is 0.204 e. The van der Waals surface area contributed by atoms with Crippen molar-refractivity contribution in [1.29, 1.82) is 0 Å². The summed E-state index contributed by atoms with van der Waals surface area (Å²) in [6.07, 6.45) is 1.57. The van der Waals surface area contributed by atoms with Crippen molar-refractivity contribution in [3.63, 3.8) is 0 Å². The van der Waals surface area contributed by atoms with Gasteiger partial charge < -0.3 is 0 Å². The van der Waals surface area contributed by atoms with E-state index in [9.17, 15) is 17.2 Å². The molecular formula is C17H13Cl3F2N2O2S. The summed E-state index contributed by atoms with van der Waals surface area (Å²) in [5, 5.41) is 4.14. The van der Waals surface area contributed by atoms with E-state index < -0.39 is 21.7 Å². The fourth-order valence-electron chi connectivity index (χ4n) is 2.71. The van der Waals surface area contributed by atoms with Gasteiger partial charge in [0.05, 0.1) is 22.3 Å². The van der Waals surface area contributed by atoms with Crippen molar-refractivity contribution in [2.45, 2.75) is 24.2 Å². The third-order valence-corrected chi connectivity index (χ3v) is 6.81. The predicted molar refractivity (Wildman–Crippen MR) is 102 cm³/mol. The average Bonchev–Trinajstić information content (AvgIpc) is 2.83. The minimum Gasteiger partial charge on any atom is -0.204 e. The van der Waals surface area contributed by atoms with Gasteiger partial charge in [-0.2, -0.15) is 17.9 Å². The van der Waals surface area contributed by atoms with E-state index in [0.29, 0.717) is 30.5 Å². The zero-order valence-corrected chi connectivity index (χ0v) is 16.8. The van der Waals surface area contributed by atoms with E-state index in [4.69, 9.17) is 34.8 Å². The first-order valence-electron chi connectivity index (χ1n) is 7.90. The summed E-state index contributed by atoms with van der Waals surface area (Å²) in [6.45, 7) is 0.102. The number of rotatable bonds is 3. The Balaban J connectivity index is 2.07. The second kappa shape index (κ2) is 7.91. The Kier molecular flexibility index (Phi) is 5.96. The van der Waals surface area contributed by atoms with Crippen molar-refractivity contribution in [3.8, 4) is 0 Å². The maximum absolute atomic E-state index is 13.6. The molecule has 0 bridgehead atoms. The molecule has 0 aromatic heterocycles. The highest BCUT2D eigenvalue weighted by molar-refractivity contribution is 7.89. The number of halogens is 5. The second-order valence-corrected chi connectivity index (χ2v) is 8.91. The first-order valence-corrected chi connectivity index (χ1v) is 10.5. The van der Waals surface area contributed by atoms with Crippen molar-refractivity contribution >= 4 is 50.5 Å². The van der Waals surface area contributed by atoms with Crippen LogP contribution in [0.5, 0.6) is 0 Å². The monoisotopic (exact) mass is 452 g/mol. The van der Waals surface area contributed by atoms with Crippen molar-refractivity contribution < 1.29 is 17.2 Å². The van der Waals surface area contributed by atoms with Crippen LogP contribution in [-0.4, -0.2) is 25.1 Å². The van der Waals surface area contributed by atoms with Crippen molar-refractivity contribution in [2.24, 2.45) is 5.10 Å². The summed E-state index contributed by atoms with van der Waals surface area (Å²) >= 11 is 18.0. The Morgan fingerprint density at radius 1 is 0.963 bits per heavy atom. The molecule has 2 aromatic carbocycles. The Bertz CT molecular complexity index is 1010. The lowest BCUT2D eigenvalue weighted by Crippen LogP contribution is -2.28. The van der Waals surface area contributed by atoms with Crippen LogP contribution < -0.4 is 0 Å². The molecule has 3 rings (SSSR count). The van der Waals surface area contributed by atoms with E-state index >= 15 is 0 Å². The van der Waals surface area contributed by atoms with Crippen molar-refractivity contribution in [2.75, 3.05) is 6.54 Å². The van der Waals surface area contributed by atoms with Crippen LogP contribution >= 0.6 is 34.8 Å². The van der Waals surface area contributed by atoms with Gasteiger partial charge in [0.2, 0.25) is 0 Å². The molecule has 144 valence electrons. The van der Waals surface area contributed by atoms with Crippen LogP contribution in [0.1, 0.15) is 24.8 Å². The molecule has 0 fully saturated rings. The van der Waals surface area contributed by atoms with E-state index in [1.165, 1.54) is 18.2 Å². The highest BCUT2D eigenvalue weighted by atomic mass is 35.5. The Labute approximate surface area is 170 Å². The standard InChI is InChI=1S/C17H13Cl3F2N2O2S/c18-11-8-12(19)17(13(20)9-11)27(25,26)24-6-2-1-3-16(23-24)10-4-5-14(21)15(22)7-10/h4-5,7-9H,1-3,6H2. The minimum atomic E-state index is -4.17. The average molecular weight is 454 g/mol. The Morgan fingerprint density at radius 3 is 2.26 bits per heavy atom. The van der Waals surface area contributed by atoms with Gasteiger partial charge in [0, 0.05) is 10.6 Å². The fraction of sp³-hybridized carbons (Fsp3) is 0.235. The lowest BCUT2D eigenvalue weighted by molar-refractivity contribution is 0.428. The van der Waals surface area contributed by atoms with Gasteiger partial charge in [-0.05, 0) is 49.6 Å². The molecule has 27 heavy (non-hydrogen) atoms. The Morgan fingerprint density at radius 2 is 1.63 bits per heavy atom. The van der Waals surface area contributed by atoms with Gasteiger partial charge >= 0.3 is 0 Å². The molecule has 0 saturated carbocycles. The van der Waals surface area contributed by atoms with E-state index in [1.54, 1.807) is 0 Å². The topological polar surface area (TPSA) is 49.7 Å². The summed E-state index contributed by atoms with van der Waals surface area (Å²) in [5.41, 5.74) is 0.639. The van der Waals surface area contributed by atoms with Gasteiger partial charge in [-0.15, -0.1) is 0 Å². The highest BCUT2D eigenvalue weighted by Crippen LogP contribution is 2.35. The molecule has 2 aromatic rings. The van der Waals surface area contributed by atoms with Crippen LogP contribution in [0.25, 0.3) is 0 Å². The molecule has 0 amide bonds. The fourth-order valence-corrected chi connectivity index (χ4v) is 5.51. The maximum Gasteiger partial charge on any atom is 0.281 e. The molecule has 0 atom stereocenters. The summed E-state index contributed by atoms with van der Waals surface area (Å²) in [5.74, 6) is -2.02. The first kappa shape index (κ1) is 20.3.